The summed E-state index contributed by atoms with van der Waals surface area (Å²) in [5.74, 6) is -0.461. The molecule has 0 aliphatic heterocycles. The maximum absolute atomic E-state index is 12.5. The number of para-hydroxylation sites is 1. The van der Waals surface area contributed by atoms with E-state index in [2.05, 4.69) is 10.3 Å². The third kappa shape index (κ3) is 3.28. The summed E-state index contributed by atoms with van der Waals surface area (Å²) < 4.78 is 0. The zero-order valence-corrected chi connectivity index (χ0v) is 14.6. The number of hydrogen-bond acceptors (Lipinski definition) is 2. The smallest absolute Gasteiger partial charge is 0.266 e. The van der Waals surface area contributed by atoms with Crippen LogP contribution in [0.5, 0.6) is 0 Å². The predicted octanol–water partition coefficient (Wildman–Crippen LogP) is 4.98. The van der Waals surface area contributed by atoms with Gasteiger partial charge in [-0.2, -0.15) is 5.26 Å². The molecule has 1 heterocycles. The quantitative estimate of drug-likeness (QED) is 0.517. The molecule has 5 heteroatoms. The number of carbonyl (C=O) groups is 1. The summed E-state index contributed by atoms with van der Waals surface area (Å²) in [6, 6.07) is 15.0. The lowest BCUT2D eigenvalue weighted by Gasteiger charge is -2.09. The molecule has 2 N–H and O–H groups in total. The number of aryl methyl sites for hydroxylation is 1. The van der Waals surface area contributed by atoms with E-state index >= 15 is 0 Å². The highest BCUT2D eigenvalue weighted by molar-refractivity contribution is 6.31. The Bertz CT molecular complexity index is 1040. The Balaban J connectivity index is 1.97. The summed E-state index contributed by atoms with van der Waals surface area (Å²) in [7, 11) is 0. The number of aromatic nitrogens is 1. The molecule has 0 unspecified atom stereocenters. The zero-order chi connectivity index (χ0) is 18.0. The molecule has 0 bridgehead atoms. The highest BCUT2D eigenvalue weighted by Crippen LogP contribution is 2.26. The van der Waals surface area contributed by atoms with Crippen molar-refractivity contribution < 1.29 is 4.79 Å². The molecule has 0 aliphatic rings. The molecule has 124 valence electrons. The van der Waals surface area contributed by atoms with Crippen LogP contribution in [-0.2, 0) is 4.79 Å². The zero-order valence-electron chi connectivity index (χ0n) is 13.9. The van der Waals surface area contributed by atoms with Crippen LogP contribution in [0.3, 0.4) is 0 Å². The highest BCUT2D eigenvalue weighted by Gasteiger charge is 2.14. The number of anilines is 1. The summed E-state index contributed by atoms with van der Waals surface area (Å²) in [5.41, 5.74) is 4.10. The summed E-state index contributed by atoms with van der Waals surface area (Å²) in [5, 5.41) is 13.7. The standard InChI is InChI=1S/C20H16ClN3O/c1-12-17(21)7-5-9-18(12)24-20(25)14(11-22)10-16-13(2)23-19-8-4-3-6-15(16)19/h3-10,23H,1-2H3,(H,24,25)/b14-10-. The first kappa shape index (κ1) is 16.8. The fraction of sp³-hybridized carbons (Fsp3) is 0.100. The van der Waals surface area contributed by atoms with Gasteiger partial charge in [-0.15, -0.1) is 0 Å². The SMILES string of the molecule is Cc1[nH]c2ccccc2c1/C=C(/C#N)C(=O)Nc1cccc(Cl)c1C. The van der Waals surface area contributed by atoms with Crippen LogP contribution in [0.25, 0.3) is 17.0 Å². The number of carbonyl (C=O) groups excluding carboxylic acids is 1. The van der Waals surface area contributed by atoms with E-state index in [1.54, 1.807) is 24.3 Å². The molecule has 3 rings (SSSR count). The minimum atomic E-state index is -0.461. The average Bonchev–Trinajstić information content (AvgIpc) is 2.92. The summed E-state index contributed by atoms with van der Waals surface area (Å²) in [6.07, 6.45) is 1.61. The second-order valence-corrected chi connectivity index (χ2v) is 6.15. The molecular weight excluding hydrogens is 334 g/mol. The van der Waals surface area contributed by atoms with Crippen molar-refractivity contribution in [3.05, 3.63) is 69.9 Å². The fourth-order valence-corrected chi connectivity index (χ4v) is 2.88. The maximum atomic E-state index is 12.5. The van der Waals surface area contributed by atoms with Gasteiger partial charge in [0.15, 0.2) is 0 Å². The number of nitrogens with zero attached hydrogens (tertiary/aromatic N) is 1. The number of fused-ring (bicyclic) bond motifs is 1. The lowest BCUT2D eigenvalue weighted by molar-refractivity contribution is -0.112. The van der Waals surface area contributed by atoms with Gasteiger partial charge >= 0.3 is 0 Å². The van der Waals surface area contributed by atoms with Gasteiger partial charge < -0.3 is 10.3 Å². The monoisotopic (exact) mass is 349 g/mol. The first-order chi connectivity index (χ1) is 12.0. The van der Waals surface area contributed by atoms with Gasteiger partial charge in [-0.05, 0) is 43.7 Å². The fourth-order valence-electron chi connectivity index (χ4n) is 2.71. The van der Waals surface area contributed by atoms with E-state index in [4.69, 9.17) is 11.6 Å². The van der Waals surface area contributed by atoms with E-state index in [0.29, 0.717) is 10.7 Å². The van der Waals surface area contributed by atoms with Crippen LogP contribution in [0.2, 0.25) is 5.02 Å². The highest BCUT2D eigenvalue weighted by atomic mass is 35.5. The van der Waals surface area contributed by atoms with Crippen LogP contribution in [0.15, 0.2) is 48.0 Å². The van der Waals surface area contributed by atoms with E-state index in [0.717, 1.165) is 27.7 Å². The van der Waals surface area contributed by atoms with E-state index in [9.17, 15) is 10.1 Å². The van der Waals surface area contributed by atoms with E-state index in [1.807, 2.05) is 44.2 Å². The third-order valence-corrected chi connectivity index (χ3v) is 4.52. The predicted molar refractivity (Wildman–Crippen MR) is 101 cm³/mol. The number of aromatic amines is 1. The topological polar surface area (TPSA) is 68.7 Å². The molecule has 0 radical (unpaired) electrons. The summed E-state index contributed by atoms with van der Waals surface area (Å²) in [4.78, 5) is 15.8. The average molecular weight is 350 g/mol. The first-order valence-corrected chi connectivity index (χ1v) is 8.14. The number of H-pyrrole nitrogens is 1. The molecule has 1 amide bonds. The Kier molecular flexibility index (Phi) is 4.60. The number of nitrogens with one attached hydrogen (secondary N) is 2. The Labute approximate surface area is 150 Å². The van der Waals surface area contributed by atoms with Crippen molar-refractivity contribution in [1.82, 2.24) is 4.98 Å². The molecule has 3 aromatic rings. The van der Waals surface area contributed by atoms with Gasteiger partial charge in [-0.3, -0.25) is 4.79 Å². The van der Waals surface area contributed by atoms with Gasteiger partial charge in [0.25, 0.3) is 5.91 Å². The Morgan fingerprint density at radius 2 is 1.96 bits per heavy atom. The molecule has 0 saturated carbocycles. The molecule has 0 aliphatic carbocycles. The molecule has 0 spiro atoms. The molecule has 0 saturated heterocycles. The van der Waals surface area contributed by atoms with Gasteiger partial charge in [-0.1, -0.05) is 35.9 Å². The van der Waals surface area contributed by atoms with Crippen LogP contribution in [0.1, 0.15) is 16.8 Å². The van der Waals surface area contributed by atoms with Gasteiger partial charge in [0.2, 0.25) is 0 Å². The van der Waals surface area contributed by atoms with Crippen LogP contribution < -0.4 is 5.32 Å². The minimum Gasteiger partial charge on any atom is -0.358 e. The Morgan fingerprint density at radius 1 is 1.20 bits per heavy atom. The number of amides is 1. The van der Waals surface area contributed by atoms with Crippen molar-refractivity contribution in [2.24, 2.45) is 0 Å². The van der Waals surface area contributed by atoms with E-state index < -0.39 is 5.91 Å². The molecular formula is C20H16ClN3O. The van der Waals surface area contributed by atoms with Gasteiger partial charge in [0.05, 0.1) is 0 Å². The summed E-state index contributed by atoms with van der Waals surface area (Å²) in [6.45, 7) is 3.73. The van der Waals surface area contributed by atoms with Crippen LogP contribution in [-0.4, -0.2) is 10.9 Å². The number of benzene rings is 2. The second-order valence-electron chi connectivity index (χ2n) is 5.75. The minimum absolute atomic E-state index is 0.0345. The largest absolute Gasteiger partial charge is 0.358 e. The van der Waals surface area contributed by atoms with Crippen LogP contribution in [0.4, 0.5) is 5.69 Å². The van der Waals surface area contributed by atoms with Gasteiger partial charge in [0.1, 0.15) is 11.6 Å². The second kappa shape index (κ2) is 6.84. The van der Waals surface area contributed by atoms with Gasteiger partial charge in [-0.25, -0.2) is 0 Å². The number of halogens is 1. The lowest BCUT2D eigenvalue weighted by atomic mass is 10.1. The normalized spacial score (nSPS) is 11.4. The number of rotatable bonds is 3. The van der Waals surface area contributed by atoms with Crippen molar-refractivity contribution in [1.29, 1.82) is 5.26 Å². The molecule has 2 aromatic carbocycles. The van der Waals surface area contributed by atoms with Crippen molar-refractivity contribution in [3.8, 4) is 6.07 Å². The number of hydrogen-bond donors (Lipinski definition) is 2. The molecule has 4 nitrogen and oxygen atoms in total. The first-order valence-electron chi connectivity index (χ1n) is 7.77. The third-order valence-electron chi connectivity index (χ3n) is 4.11. The van der Waals surface area contributed by atoms with Crippen molar-refractivity contribution in [2.75, 3.05) is 5.32 Å². The molecule has 25 heavy (non-hydrogen) atoms. The maximum Gasteiger partial charge on any atom is 0.266 e. The van der Waals surface area contributed by atoms with Gasteiger partial charge in [0, 0.05) is 32.9 Å². The van der Waals surface area contributed by atoms with Crippen molar-refractivity contribution in [3.63, 3.8) is 0 Å². The Morgan fingerprint density at radius 3 is 2.72 bits per heavy atom. The number of nitriles is 1. The lowest BCUT2D eigenvalue weighted by Crippen LogP contribution is -2.14. The molecule has 0 atom stereocenters. The molecule has 0 fully saturated rings. The van der Waals surface area contributed by atoms with Crippen molar-refractivity contribution >= 4 is 40.2 Å². The van der Waals surface area contributed by atoms with E-state index in [1.165, 1.54) is 0 Å². The van der Waals surface area contributed by atoms with E-state index in [-0.39, 0.29) is 5.57 Å². The van der Waals surface area contributed by atoms with Crippen LogP contribution >= 0.6 is 11.6 Å². The Hall–Kier alpha value is -3.03. The van der Waals surface area contributed by atoms with Crippen molar-refractivity contribution in [2.45, 2.75) is 13.8 Å². The summed E-state index contributed by atoms with van der Waals surface area (Å²) >= 11 is 6.08. The molecule has 1 aromatic heterocycles. The van der Waals surface area contributed by atoms with Crippen LogP contribution in [0, 0.1) is 25.2 Å².